The van der Waals surface area contributed by atoms with Crippen LogP contribution in [-0.2, 0) is 11.6 Å². The van der Waals surface area contributed by atoms with Crippen molar-refractivity contribution in [2.75, 3.05) is 19.6 Å². The molecule has 0 atom stereocenters. The molecule has 5 heteroatoms. The van der Waals surface area contributed by atoms with Gasteiger partial charge in [0.2, 0.25) is 0 Å². The molecule has 2 aromatic carbocycles. The summed E-state index contributed by atoms with van der Waals surface area (Å²) in [7, 11) is 0. The number of halogens is 3. The van der Waals surface area contributed by atoms with E-state index in [0.717, 1.165) is 32.0 Å². The molecule has 0 aliphatic carbocycles. The molecule has 2 N–H and O–H groups in total. The van der Waals surface area contributed by atoms with Crippen molar-refractivity contribution >= 4 is 6.08 Å². The summed E-state index contributed by atoms with van der Waals surface area (Å²) in [4.78, 5) is 2.07. The Morgan fingerprint density at radius 2 is 1.58 bits per heavy atom. The van der Waals surface area contributed by atoms with Gasteiger partial charge in [-0.05, 0) is 42.3 Å². The fourth-order valence-electron chi connectivity index (χ4n) is 3.59. The summed E-state index contributed by atoms with van der Waals surface area (Å²) in [6, 6.07) is 15.9. The molecule has 0 bridgehead atoms. The number of nitrogens with two attached hydrogens (primary N) is 1. The number of alkyl halides is 3. The maximum atomic E-state index is 13.1. The van der Waals surface area contributed by atoms with E-state index in [9.17, 15) is 13.2 Å². The van der Waals surface area contributed by atoms with Gasteiger partial charge in [0, 0.05) is 25.0 Å². The first-order valence-corrected chi connectivity index (χ1v) is 8.79. The lowest BCUT2D eigenvalue weighted by Gasteiger charge is -2.41. The Morgan fingerprint density at radius 3 is 2.19 bits per heavy atom. The molecule has 1 heterocycles. The Hall–Kier alpha value is -2.27. The van der Waals surface area contributed by atoms with Crippen LogP contribution in [0.2, 0.25) is 0 Å². The molecule has 3 rings (SSSR count). The van der Waals surface area contributed by atoms with Gasteiger partial charge < -0.3 is 10.6 Å². The summed E-state index contributed by atoms with van der Waals surface area (Å²) in [6.07, 6.45) is 0.763. The highest BCUT2D eigenvalue weighted by molar-refractivity contribution is 5.54. The van der Waals surface area contributed by atoms with E-state index in [-0.39, 0.29) is 11.0 Å². The predicted octanol–water partition coefficient (Wildman–Crippen LogP) is 4.67. The zero-order valence-corrected chi connectivity index (χ0v) is 14.5. The highest BCUT2D eigenvalue weighted by Crippen LogP contribution is 2.35. The highest BCUT2D eigenvalue weighted by Gasteiger charge is 2.34. The van der Waals surface area contributed by atoms with Crippen molar-refractivity contribution in [3.63, 3.8) is 0 Å². The van der Waals surface area contributed by atoms with E-state index in [2.05, 4.69) is 17.0 Å². The lowest BCUT2D eigenvalue weighted by molar-refractivity contribution is -0.137. The summed E-state index contributed by atoms with van der Waals surface area (Å²) in [5.74, 6) is 0. The topological polar surface area (TPSA) is 29.3 Å². The van der Waals surface area contributed by atoms with Crippen LogP contribution in [0.25, 0.3) is 6.08 Å². The van der Waals surface area contributed by atoms with E-state index in [4.69, 9.17) is 5.73 Å². The van der Waals surface area contributed by atoms with Gasteiger partial charge in [0.15, 0.2) is 0 Å². The molecular formula is C21H23F3N2. The third-order valence-electron chi connectivity index (χ3n) is 5.26. The highest BCUT2D eigenvalue weighted by atomic mass is 19.4. The largest absolute Gasteiger partial charge is 0.416 e. The number of rotatable bonds is 4. The molecule has 2 nitrogen and oxygen atoms in total. The summed E-state index contributed by atoms with van der Waals surface area (Å²) in [6.45, 7) is 2.12. The van der Waals surface area contributed by atoms with Crippen LogP contribution in [0.5, 0.6) is 0 Å². The molecule has 1 aliphatic heterocycles. The number of likely N-dealkylation sites (tertiary alicyclic amines) is 1. The summed E-state index contributed by atoms with van der Waals surface area (Å²) in [5.41, 5.74) is 6.88. The molecule has 1 aliphatic rings. The molecule has 1 fully saturated rings. The number of benzene rings is 2. The molecule has 0 spiro atoms. The van der Waals surface area contributed by atoms with Gasteiger partial charge in [0.05, 0.1) is 5.56 Å². The Bertz CT molecular complexity index is 745. The molecule has 0 radical (unpaired) electrons. The van der Waals surface area contributed by atoms with Crippen molar-refractivity contribution < 1.29 is 13.2 Å². The van der Waals surface area contributed by atoms with E-state index in [0.29, 0.717) is 6.54 Å². The Morgan fingerprint density at radius 1 is 0.962 bits per heavy atom. The number of nitrogens with zero attached hydrogens (tertiary/aromatic N) is 1. The van der Waals surface area contributed by atoms with Crippen molar-refractivity contribution in [3.8, 4) is 0 Å². The van der Waals surface area contributed by atoms with Crippen molar-refractivity contribution in [2.45, 2.75) is 24.4 Å². The van der Waals surface area contributed by atoms with E-state index < -0.39 is 11.7 Å². The summed E-state index contributed by atoms with van der Waals surface area (Å²) < 4.78 is 39.3. The standard InChI is InChI=1S/C21H23F3N2/c22-21(23,24)19-9-5-4-6-17(19)10-13-26-14-11-20(16-25,12-15-26)18-7-2-1-3-8-18/h1-10,13H,11-12,14-16,25H2. The van der Waals surface area contributed by atoms with Crippen LogP contribution in [0.3, 0.4) is 0 Å². The first-order valence-electron chi connectivity index (χ1n) is 8.79. The van der Waals surface area contributed by atoms with Crippen LogP contribution in [0.15, 0.2) is 60.8 Å². The molecule has 0 aromatic heterocycles. The van der Waals surface area contributed by atoms with Crippen molar-refractivity contribution in [2.24, 2.45) is 5.73 Å². The van der Waals surface area contributed by atoms with Gasteiger partial charge in [-0.15, -0.1) is 0 Å². The molecule has 0 amide bonds. The molecule has 138 valence electrons. The van der Waals surface area contributed by atoms with Crippen LogP contribution in [-0.4, -0.2) is 24.5 Å². The quantitative estimate of drug-likeness (QED) is 0.859. The smallest absolute Gasteiger partial charge is 0.377 e. The fraction of sp³-hybridized carbons (Fsp3) is 0.333. The van der Waals surface area contributed by atoms with E-state index in [1.165, 1.54) is 17.7 Å². The minimum atomic E-state index is -4.34. The molecule has 26 heavy (non-hydrogen) atoms. The lowest BCUT2D eigenvalue weighted by Crippen LogP contribution is -2.45. The number of hydrogen-bond acceptors (Lipinski definition) is 2. The van der Waals surface area contributed by atoms with Crippen LogP contribution >= 0.6 is 0 Å². The normalized spacial score (nSPS) is 17.6. The van der Waals surface area contributed by atoms with E-state index in [1.54, 1.807) is 18.3 Å². The summed E-state index contributed by atoms with van der Waals surface area (Å²) >= 11 is 0. The third kappa shape index (κ3) is 3.93. The maximum Gasteiger partial charge on any atom is 0.416 e. The van der Waals surface area contributed by atoms with Crippen molar-refractivity contribution in [1.29, 1.82) is 0 Å². The zero-order chi connectivity index (χ0) is 18.6. The monoisotopic (exact) mass is 360 g/mol. The van der Waals surface area contributed by atoms with Crippen LogP contribution in [0.4, 0.5) is 13.2 Å². The molecule has 1 saturated heterocycles. The molecule has 0 saturated carbocycles. The first kappa shape index (κ1) is 18.5. The maximum absolute atomic E-state index is 13.1. The number of hydrogen-bond donors (Lipinski definition) is 1. The average molecular weight is 360 g/mol. The number of piperidine rings is 1. The second-order valence-corrected chi connectivity index (χ2v) is 6.79. The zero-order valence-electron chi connectivity index (χ0n) is 14.5. The van der Waals surface area contributed by atoms with Gasteiger partial charge >= 0.3 is 6.18 Å². The molecule has 0 unspecified atom stereocenters. The Labute approximate surface area is 152 Å². The van der Waals surface area contributed by atoms with Gasteiger partial charge in [-0.25, -0.2) is 0 Å². The second kappa shape index (κ2) is 7.54. The van der Waals surface area contributed by atoms with E-state index in [1.807, 2.05) is 18.2 Å². The SMILES string of the molecule is NCC1(c2ccccc2)CCN(C=Cc2ccccc2C(F)(F)F)CC1. The minimum absolute atomic E-state index is 0.0462. The van der Waals surface area contributed by atoms with Crippen LogP contribution in [0, 0.1) is 0 Å². The van der Waals surface area contributed by atoms with Gasteiger partial charge in [-0.2, -0.15) is 13.2 Å². The second-order valence-electron chi connectivity index (χ2n) is 6.79. The average Bonchev–Trinajstić information content (AvgIpc) is 2.67. The van der Waals surface area contributed by atoms with Crippen molar-refractivity contribution in [1.82, 2.24) is 4.90 Å². The Kier molecular flexibility index (Phi) is 5.37. The van der Waals surface area contributed by atoms with Gasteiger partial charge in [0.25, 0.3) is 0 Å². The fourth-order valence-corrected chi connectivity index (χ4v) is 3.59. The predicted molar refractivity (Wildman–Crippen MR) is 98.5 cm³/mol. The van der Waals surface area contributed by atoms with E-state index >= 15 is 0 Å². The van der Waals surface area contributed by atoms with Gasteiger partial charge in [-0.3, -0.25) is 0 Å². The van der Waals surface area contributed by atoms with Crippen molar-refractivity contribution in [3.05, 3.63) is 77.5 Å². The lowest BCUT2D eigenvalue weighted by atomic mass is 9.73. The van der Waals surface area contributed by atoms with Crippen LogP contribution in [0.1, 0.15) is 29.5 Å². The Balaban J connectivity index is 1.71. The molecule has 2 aromatic rings. The van der Waals surface area contributed by atoms with Crippen LogP contribution < -0.4 is 5.73 Å². The molecular weight excluding hydrogens is 337 g/mol. The minimum Gasteiger partial charge on any atom is -0.377 e. The third-order valence-corrected chi connectivity index (χ3v) is 5.26. The van der Waals surface area contributed by atoms with Gasteiger partial charge in [0.1, 0.15) is 0 Å². The summed E-state index contributed by atoms with van der Waals surface area (Å²) in [5, 5.41) is 0. The first-order chi connectivity index (χ1) is 12.4. The van der Waals surface area contributed by atoms with Gasteiger partial charge in [-0.1, -0.05) is 48.5 Å².